The van der Waals surface area contributed by atoms with Gasteiger partial charge in [-0.2, -0.15) is 0 Å². The first-order valence-corrected chi connectivity index (χ1v) is 27.5. The lowest BCUT2D eigenvalue weighted by Gasteiger charge is -2.06. The fourth-order valence-corrected chi connectivity index (χ4v) is 22.1. The highest BCUT2D eigenvalue weighted by molar-refractivity contribution is 8.43. The van der Waals surface area contributed by atoms with E-state index < -0.39 is 0 Å². The SMILES string of the molecule is CCSC1=C(SCC)SC(=C2Sc3cn(-c4ccc(OC)cc4)cc3S2)S1.CCSC1=C(SCC)SC(=C2Sc3cn(-c4ccc(OC)cc4)cc3S2)S1. The summed E-state index contributed by atoms with van der Waals surface area (Å²) in [7, 11) is 3.40. The van der Waals surface area contributed by atoms with Crippen LogP contribution in [0.4, 0.5) is 0 Å². The number of hydrogen-bond acceptors (Lipinski definition) is 14. The van der Waals surface area contributed by atoms with Gasteiger partial charge in [-0.1, -0.05) is 122 Å². The van der Waals surface area contributed by atoms with Gasteiger partial charge >= 0.3 is 0 Å². The van der Waals surface area contributed by atoms with Crippen molar-refractivity contribution in [2.24, 2.45) is 0 Å². The molecule has 2 aromatic heterocycles. The van der Waals surface area contributed by atoms with Gasteiger partial charge in [-0.05, 0) is 71.5 Å². The second-order valence-corrected chi connectivity index (χ2v) is 26.5. The molecule has 0 atom stereocenters. The fraction of sp³-hybridized carbons (Fsp3) is 0.263. The van der Waals surface area contributed by atoms with Crippen LogP contribution in [0.25, 0.3) is 11.4 Å². The van der Waals surface area contributed by atoms with Gasteiger partial charge in [-0.15, -0.1) is 47.0 Å². The maximum absolute atomic E-state index is 5.25. The molecular weight excluding hydrogens is 901 g/mol. The van der Waals surface area contributed by atoms with Crippen molar-refractivity contribution in [3.63, 3.8) is 0 Å². The molecular formula is C38H38N2O2S12. The molecule has 4 aromatic rings. The molecule has 284 valence electrons. The van der Waals surface area contributed by atoms with Gasteiger partial charge in [-0.3, -0.25) is 0 Å². The van der Waals surface area contributed by atoms with Crippen LogP contribution in [-0.2, 0) is 0 Å². The van der Waals surface area contributed by atoms with Crippen LogP contribution >= 0.6 is 141 Å². The lowest BCUT2D eigenvalue weighted by atomic mass is 10.3. The number of rotatable bonds is 12. The van der Waals surface area contributed by atoms with Crippen molar-refractivity contribution < 1.29 is 9.47 Å². The normalized spacial score (nSPS) is 16.4. The molecule has 0 amide bonds. The molecule has 2 aromatic carbocycles. The van der Waals surface area contributed by atoms with E-state index in [0.717, 1.165) is 45.9 Å². The van der Waals surface area contributed by atoms with Crippen molar-refractivity contribution in [3.05, 3.63) is 107 Å². The topological polar surface area (TPSA) is 28.3 Å². The number of aromatic nitrogens is 2. The minimum absolute atomic E-state index is 0.888. The van der Waals surface area contributed by atoms with Crippen molar-refractivity contribution in [1.29, 1.82) is 0 Å². The predicted molar refractivity (Wildman–Crippen MR) is 259 cm³/mol. The Morgan fingerprint density at radius 1 is 0.407 bits per heavy atom. The molecule has 0 fully saturated rings. The summed E-state index contributed by atoms with van der Waals surface area (Å²) >= 11 is 23.4. The van der Waals surface area contributed by atoms with Gasteiger partial charge in [0.15, 0.2) is 0 Å². The monoisotopic (exact) mass is 938 g/mol. The molecule has 4 aliphatic rings. The molecule has 0 N–H and O–H groups in total. The lowest BCUT2D eigenvalue weighted by Crippen LogP contribution is -1.90. The number of benzene rings is 2. The summed E-state index contributed by atoms with van der Waals surface area (Å²) in [5.74, 6) is 6.30. The Bertz CT molecular complexity index is 1860. The van der Waals surface area contributed by atoms with E-state index in [1.54, 1.807) is 14.2 Å². The summed E-state index contributed by atoms with van der Waals surface area (Å²) in [6.45, 7) is 8.93. The number of fused-ring (bicyclic) bond motifs is 2. The molecule has 54 heavy (non-hydrogen) atoms. The standard InChI is InChI=1S/2C19H19NOS6/c2*1-4-22-16-17(23-5-2)27-19(26-16)18-24-14-10-20(11-15(14)25-18)12-6-8-13(21-3)9-7-12/h2*6-11H,4-5H2,1-3H3. The van der Waals surface area contributed by atoms with Crippen LogP contribution in [0.3, 0.4) is 0 Å². The van der Waals surface area contributed by atoms with Crippen LogP contribution in [0.1, 0.15) is 27.7 Å². The summed E-state index contributed by atoms with van der Waals surface area (Å²) < 4.78 is 26.6. The number of ether oxygens (including phenoxy) is 2. The predicted octanol–water partition coefficient (Wildman–Crippen LogP) is 15.8. The van der Waals surface area contributed by atoms with Crippen LogP contribution in [0.5, 0.6) is 11.5 Å². The Balaban J connectivity index is 0.000000167. The molecule has 0 unspecified atom stereocenters. The molecule has 0 bridgehead atoms. The van der Waals surface area contributed by atoms with E-state index in [0.29, 0.717) is 0 Å². The second kappa shape index (κ2) is 20.1. The Labute approximate surface area is 370 Å². The van der Waals surface area contributed by atoms with Gasteiger partial charge in [0.2, 0.25) is 0 Å². The van der Waals surface area contributed by atoms with Crippen molar-refractivity contribution in [1.82, 2.24) is 9.13 Å². The maximum atomic E-state index is 5.25. The van der Waals surface area contributed by atoms with E-state index in [-0.39, 0.29) is 0 Å². The molecule has 16 heteroatoms. The number of thioether (sulfide) groups is 12. The summed E-state index contributed by atoms with van der Waals surface area (Å²) in [5, 5.41) is 0. The molecule has 4 nitrogen and oxygen atoms in total. The van der Waals surface area contributed by atoms with Gasteiger partial charge in [0.05, 0.1) is 48.1 Å². The molecule has 0 aliphatic carbocycles. The summed E-state index contributed by atoms with van der Waals surface area (Å²) in [4.78, 5) is 5.39. The largest absolute Gasteiger partial charge is 0.497 e. The van der Waals surface area contributed by atoms with Gasteiger partial charge in [0.1, 0.15) is 11.5 Å². The van der Waals surface area contributed by atoms with Crippen molar-refractivity contribution >= 4 is 141 Å². The minimum Gasteiger partial charge on any atom is -0.497 e. The highest BCUT2D eigenvalue weighted by Crippen LogP contribution is 2.65. The Kier molecular flexibility index (Phi) is 15.6. The van der Waals surface area contributed by atoms with Gasteiger partial charge in [-0.25, -0.2) is 0 Å². The van der Waals surface area contributed by atoms with Crippen LogP contribution < -0.4 is 9.47 Å². The van der Waals surface area contributed by atoms with Crippen LogP contribution in [0, 0.1) is 0 Å². The molecule has 6 heterocycles. The van der Waals surface area contributed by atoms with Crippen molar-refractivity contribution in [2.75, 3.05) is 37.2 Å². The van der Waals surface area contributed by atoms with E-state index in [1.165, 1.54) is 53.5 Å². The van der Waals surface area contributed by atoms with E-state index in [2.05, 4.69) is 85.9 Å². The smallest absolute Gasteiger partial charge is 0.119 e. The summed E-state index contributed by atoms with van der Waals surface area (Å²) in [5.41, 5.74) is 2.32. The average Bonchev–Trinajstić information content (AvgIpc) is 4.04. The fourth-order valence-electron chi connectivity index (χ4n) is 5.15. The highest BCUT2D eigenvalue weighted by atomic mass is 32.3. The molecule has 0 saturated carbocycles. The molecule has 0 spiro atoms. The minimum atomic E-state index is 0.888. The average molecular weight is 940 g/mol. The van der Waals surface area contributed by atoms with Gasteiger partial charge < -0.3 is 18.6 Å². The number of nitrogens with zero attached hydrogens (tertiary/aromatic N) is 2. The first-order chi connectivity index (χ1) is 26.4. The summed E-state index contributed by atoms with van der Waals surface area (Å²) in [6, 6.07) is 16.4. The lowest BCUT2D eigenvalue weighted by molar-refractivity contribution is 0.414. The first-order valence-electron chi connectivity index (χ1n) is 17.1. The van der Waals surface area contributed by atoms with Crippen LogP contribution in [0.2, 0.25) is 0 Å². The zero-order chi connectivity index (χ0) is 37.6. The highest BCUT2D eigenvalue weighted by Gasteiger charge is 2.31. The third-order valence-electron chi connectivity index (χ3n) is 7.57. The Morgan fingerprint density at radius 3 is 0.907 bits per heavy atom. The van der Waals surface area contributed by atoms with E-state index in [9.17, 15) is 0 Å². The van der Waals surface area contributed by atoms with E-state index >= 15 is 0 Å². The second-order valence-electron chi connectivity index (χ2n) is 11.0. The third-order valence-corrected chi connectivity index (χ3v) is 24.2. The van der Waals surface area contributed by atoms with Gasteiger partial charge in [0.25, 0.3) is 0 Å². The zero-order valence-corrected chi connectivity index (χ0v) is 40.2. The zero-order valence-electron chi connectivity index (χ0n) is 30.4. The first kappa shape index (κ1) is 41.9. The summed E-state index contributed by atoms with van der Waals surface area (Å²) in [6.07, 6.45) is 8.96. The van der Waals surface area contributed by atoms with Gasteiger partial charge in [0, 0.05) is 55.7 Å². The van der Waals surface area contributed by atoms with Crippen molar-refractivity contribution in [2.45, 2.75) is 47.3 Å². The van der Waals surface area contributed by atoms with E-state index in [1.807, 2.05) is 165 Å². The number of methoxy groups -OCH3 is 2. The van der Waals surface area contributed by atoms with Crippen LogP contribution in [0.15, 0.2) is 127 Å². The molecule has 8 rings (SSSR count). The van der Waals surface area contributed by atoms with Crippen LogP contribution in [-0.4, -0.2) is 46.4 Å². The molecule has 0 radical (unpaired) electrons. The van der Waals surface area contributed by atoms with Crippen molar-refractivity contribution in [3.8, 4) is 22.9 Å². The maximum Gasteiger partial charge on any atom is 0.119 e. The molecule has 4 aliphatic heterocycles. The number of hydrogen-bond donors (Lipinski definition) is 0. The Morgan fingerprint density at radius 2 is 0.667 bits per heavy atom. The van der Waals surface area contributed by atoms with E-state index in [4.69, 9.17) is 9.47 Å². The quantitative estimate of drug-likeness (QED) is 0.135. The Hall–Kier alpha value is -0.240. The third kappa shape index (κ3) is 9.95. The molecule has 0 saturated heterocycles.